The summed E-state index contributed by atoms with van der Waals surface area (Å²) in [6.07, 6.45) is 31.1. The Morgan fingerprint density at radius 1 is 0.606 bits per heavy atom. The van der Waals surface area contributed by atoms with Gasteiger partial charge in [-0.2, -0.15) is 0 Å². The molecule has 0 N–H and O–H groups in total. The van der Waals surface area contributed by atoms with Gasteiger partial charge in [0.25, 0.3) is 5.28 Å². The number of allylic oxidation sites excluding steroid dienone is 2. The van der Waals surface area contributed by atoms with Crippen LogP contribution in [0.5, 0.6) is 0 Å². The Bertz CT molecular complexity index is 487. The first kappa shape index (κ1) is 32.8. The average molecular weight is 485 g/mol. The summed E-state index contributed by atoms with van der Waals surface area (Å²) >= 11 is 0. The van der Waals surface area contributed by atoms with Crippen LogP contribution in [0.1, 0.15) is 149 Å². The highest BCUT2D eigenvalue weighted by atomic mass is 31.1. The lowest BCUT2D eigenvalue weighted by molar-refractivity contribution is -0.910. The van der Waals surface area contributed by atoms with Gasteiger partial charge in [-0.3, -0.25) is 4.48 Å². The van der Waals surface area contributed by atoms with Crippen LogP contribution < -0.4 is 4.89 Å². The van der Waals surface area contributed by atoms with Gasteiger partial charge in [-0.05, 0) is 38.5 Å². The maximum Gasteiger partial charge on any atom is 0.376 e. The molecule has 0 saturated heterocycles. The van der Waals surface area contributed by atoms with E-state index < -0.39 is 13.3 Å². The van der Waals surface area contributed by atoms with Crippen molar-refractivity contribution in [2.75, 3.05) is 21.1 Å². The third-order valence-electron chi connectivity index (χ3n) is 7.33. The quantitative estimate of drug-likeness (QED) is 0.0592. The summed E-state index contributed by atoms with van der Waals surface area (Å²) < 4.78 is 12.6. The lowest BCUT2D eigenvalue weighted by Gasteiger charge is -2.39. The fraction of sp³-hybridized carbons (Fsp3) is 0.931. The van der Waals surface area contributed by atoms with Crippen molar-refractivity contribution in [2.45, 2.75) is 154 Å². The molecule has 0 bridgehead atoms. The smallest absolute Gasteiger partial charge is 0.376 e. The molecular weight excluding hydrogens is 425 g/mol. The van der Waals surface area contributed by atoms with E-state index in [0.29, 0.717) is 4.48 Å². The molecule has 0 aliphatic carbocycles. The van der Waals surface area contributed by atoms with E-state index in [1.54, 1.807) is 0 Å². The van der Waals surface area contributed by atoms with Crippen molar-refractivity contribution in [3.8, 4) is 0 Å². The third-order valence-corrected chi connectivity index (χ3v) is 9.05. The predicted molar refractivity (Wildman–Crippen MR) is 146 cm³/mol. The van der Waals surface area contributed by atoms with E-state index in [2.05, 4.69) is 26.0 Å². The largest absolute Gasteiger partial charge is 0.590 e. The zero-order valence-electron chi connectivity index (χ0n) is 23.2. The molecule has 0 aliphatic rings. The highest BCUT2D eigenvalue weighted by Gasteiger charge is 2.53. The molecule has 0 heterocycles. The fourth-order valence-corrected chi connectivity index (χ4v) is 6.22. The van der Waals surface area contributed by atoms with Gasteiger partial charge in [-0.15, -0.1) is 0 Å². The molecule has 0 aromatic carbocycles. The molecule has 2 atom stereocenters. The van der Waals surface area contributed by atoms with Crippen molar-refractivity contribution in [1.29, 1.82) is 0 Å². The summed E-state index contributed by atoms with van der Waals surface area (Å²) in [7, 11) is 3.68. The maximum absolute atomic E-state index is 12.1. The van der Waals surface area contributed by atoms with E-state index in [-0.39, 0.29) is 0 Å². The van der Waals surface area contributed by atoms with Gasteiger partial charge < -0.3 is 4.89 Å². The normalized spacial score (nSPS) is 14.7. The van der Waals surface area contributed by atoms with Crippen molar-refractivity contribution in [3.63, 3.8) is 0 Å². The first-order chi connectivity index (χ1) is 15.8. The van der Waals surface area contributed by atoms with Crippen LogP contribution in [0, 0.1) is 0 Å². The molecule has 0 fully saturated rings. The van der Waals surface area contributed by atoms with Crippen LogP contribution in [0.15, 0.2) is 12.2 Å². The van der Waals surface area contributed by atoms with Gasteiger partial charge >= 0.3 is 8.03 Å². The highest BCUT2D eigenvalue weighted by molar-refractivity contribution is 7.38. The van der Waals surface area contributed by atoms with Crippen LogP contribution in [0.3, 0.4) is 0 Å². The Morgan fingerprint density at radius 2 is 1.00 bits per heavy atom. The Morgan fingerprint density at radius 3 is 1.36 bits per heavy atom. The van der Waals surface area contributed by atoms with Crippen LogP contribution in [0.4, 0.5) is 0 Å². The minimum Gasteiger partial charge on any atom is -0.590 e. The Kier molecular flexibility index (Phi) is 20.9. The molecule has 0 amide bonds. The molecule has 0 aliphatic heterocycles. The SMILES string of the molecule is CCCCCCCCCC/C=C\CCCCCCCCCCC(CCC)([P+](=O)[O-])[N+](C)(C)C. The predicted octanol–water partition coefficient (Wildman–Crippen LogP) is 9.28. The van der Waals surface area contributed by atoms with E-state index >= 15 is 0 Å². The lowest BCUT2D eigenvalue weighted by Crippen LogP contribution is -2.55. The molecule has 0 aromatic rings. The fourth-order valence-electron chi connectivity index (χ4n) is 4.99. The van der Waals surface area contributed by atoms with E-state index in [9.17, 15) is 9.46 Å². The standard InChI is InChI=1S/C29H59NO2P/c1-6-8-9-10-11-12-13-14-15-16-17-18-19-20-21-22-23-24-25-26-28-29(27-7-2,33(31)32)30(3,4)5/h16-17H,6-15,18-28H2,1-5H3/q+1/b17-16-. The topological polar surface area (TPSA) is 40.1 Å². The molecular formula is C29H59NO2P+. The second-order valence-electron chi connectivity index (χ2n) is 11.1. The van der Waals surface area contributed by atoms with Gasteiger partial charge in [0, 0.05) is 12.8 Å². The number of unbranched alkanes of at least 4 members (excludes halogenated alkanes) is 16. The van der Waals surface area contributed by atoms with Gasteiger partial charge in [0.15, 0.2) is 0 Å². The minimum absolute atomic E-state index is 0.521. The maximum atomic E-state index is 12.1. The second-order valence-corrected chi connectivity index (χ2v) is 12.5. The van der Waals surface area contributed by atoms with Gasteiger partial charge in [0.05, 0.1) is 21.1 Å². The lowest BCUT2D eigenvalue weighted by atomic mass is 9.99. The van der Waals surface area contributed by atoms with Crippen LogP contribution >= 0.6 is 8.03 Å². The van der Waals surface area contributed by atoms with E-state index in [4.69, 9.17) is 0 Å². The first-order valence-corrected chi connectivity index (χ1v) is 15.6. The second kappa shape index (κ2) is 21.1. The van der Waals surface area contributed by atoms with E-state index in [1.807, 2.05) is 21.1 Å². The zero-order valence-corrected chi connectivity index (χ0v) is 24.1. The number of nitrogens with zero attached hydrogens (tertiary/aromatic N) is 1. The average Bonchev–Trinajstić information content (AvgIpc) is 2.76. The number of rotatable bonds is 24. The summed E-state index contributed by atoms with van der Waals surface area (Å²) in [5.74, 6) is 0. The molecule has 3 nitrogen and oxygen atoms in total. The molecule has 0 spiro atoms. The minimum atomic E-state index is -2.42. The molecule has 33 heavy (non-hydrogen) atoms. The van der Waals surface area contributed by atoms with Crippen molar-refractivity contribution in [3.05, 3.63) is 12.2 Å². The highest BCUT2D eigenvalue weighted by Crippen LogP contribution is 2.45. The van der Waals surface area contributed by atoms with Gasteiger partial charge in [0.1, 0.15) is 0 Å². The Hall–Kier alpha value is -0.240. The van der Waals surface area contributed by atoms with Crippen molar-refractivity contribution < 1.29 is 13.9 Å². The van der Waals surface area contributed by atoms with Crippen LogP contribution in [0.2, 0.25) is 0 Å². The zero-order chi connectivity index (χ0) is 24.8. The number of hydrogen-bond donors (Lipinski definition) is 0. The molecule has 4 heteroatoms. The molecule has 2 unspecified atom stereocenters. The van der Waals surface area contributed by atoms with Crippen LogP contribution in [-0.2, 0) is 4.57 Å². The monoisotopic (exact) mass is 484 g/mol. The van der Waals surface area contributed by atoms with Crippen molar-refractivity contribution >= 4 is 8.03 Å². The third kappa shape index (κ3) is 16.1. The number of quaternary nitrogens is 1. The summed E-state index contributed by atoms with van der Waals surface area (Å²) in [6.45, 7) is 4.38. The molecule has 196 valence electrons. The molecule has 0 radical (unpaired) electrons. The molecule has 0 aromatic heterocycles. The van der Waals surface area contributed by atoms with Crippen LogP contribution in [-0.4, -0.2) is 30.9 Å². The van der Waals surface area contributed by atoms with Crippen molar-refractivity contribution in [1.82, 2.24) is 0 Å². The van der Waals surface area contributed by atoms with Gasteiger partial charge in [-0.25, -0.2) is 0 Å². The summed E-state index contributed by atoms with van der Waals surface area (Å²) in [5, 5.41) is -0.591. The summed E-state index contributed by atoms with van der Waals surface area (Å²) in [5.41, 5.74) is 0. The van der Waals surface area contributed by atoms with E-state index in [1.165, 1.54) is 103 Å². The summed E-state index contributed by atoms with van der Waals surface area (Å²) in [6, 6.07) is 0. The first-order valence-electron chi connectivity index (χ1n) is 14.4. The number of hydrogen-bond acceptors (Lipinski definition) is 2. The van der Waals surface area contributed by atoms with Gasteiger partial charge in [-0.1, -0.05) is 114 Å². The summed E-state index contributed by atoms with van der Waals surface area (Å²) in [4.78, 5) is 12.1. The molecule has 0 rings (SSSR count). The van der Waals surface area contributed by atoms with Gasteiger partial charge in [0.2, 0.25) is 0 Å². The Balaban J connectivity index is 3.60. The Labute approximate surface area is 209 Å². The van der Waals surface area contributed by atoms with Crippen molar-refractivity contribution in [2.24, 2.45) is 0 Å². The molecule has 0 saturated carbocycles. The van der Waals surface area contributed by atoms with E-state index in [0.717, 1.165) is 32.1 Å². The van der Waals surface area contributed by atoms with Crippen LogP contribution in [0.25, 0.3) is 0 Å².